The fourth-order valence-electron chi connectivity index (χ4n) is 1.31. The number of nitrogens with zero attached hydrogens (tertiary/aromatic N) is 1. The molecule has 1 aliphatic carbocycles. The molecule has 0 saturated heterocycles. The van der Waals surface area contributed by atoms with Crippen LogP contribution in [0.15, 0.2) is 11.6 Å². The maximum Gasteiger partial charge on any atom is 0.173 e. The van der Waals surface area contributed by atoms with Gasteiger partial charge >= 0.3 is 0 Å². The van der Waals surface area contributed by atoms with Crippen LogP contribution >= 0.6 is 30.1 Å². The molecule has 0 aromatic heterocycles. The summed E-state index contributed by atoms with van der Waals surface area (Å²) in [4.78, 5) is 11.2. The second-order valence-electron chi connectivity index (χ2n) is 3.31. The Morgan fingerprint density at radius 1 is 1.71 bits per heavy atom. The van der Waals surface area contributed by atoms with Gasteiger partial charge in [0, 0.05) is 33.0 Å². The first kappa shape index (κ1) is 11.6. The van der Waals surface area contributed by atoms with Crippen molar-refractivity contribution in [2.75, 3.05) is 0 Å². The zero-order chi connectivity index (χ0) is 10.6. The van der Waals surface area contributed by atoms with Gasteiger partial charge in [0.05, 0.1) is 5.57 Å². The van der Waals surface area contributed by atoms with Crippen LogP contribution in [0.5, 0.6) is 0 Å². The van der Waals surface area contributed by atoms with E-state index in [1.807, 2.05) is 13.0 Å². The Labute approximate surface area is 99.7 Å². The van der Waals surface area contributed by atoms with Crippen LogP contribution in [0.3, 0.4) is 0 Å². The van der Waals surface area contributed by atoms with Gasteiger partial charge in [-0.25, -0.2) is 0 Å². The van der Waals surface area contributed by atoms with Crippen molar-refractivity contribution >= 4 is 35.9 Å². The summed E-state index contributed by atoms with van der Waals surface area (Å²) in [6.07, 6.45) is 2.83. The molecular weight excluding hydrogens is 309 g/mol. The SMILES string of the molecule is CC1(C#CSI)C=C(C#N)C(=O)CC1. The molecule has 1 aliphatic rings. The molecule has 1 rings (SSSR count). The second-order valence-corrected chi connectivity index (χ2v) is 4.99. The zero-order valence-corrected chi connectivity index (χ0v) is 10.6. The lowest BCUT2D eigenvalue weighted by molar-refractivity contribution is -0.116. The molecule has 0 saturated carbocycles. The van der Waals surface area contributed by atoms with E-state index in [1.165, 1.54) is 8.93 Å². The number of hydrogen-bond acceptors (Lipinski definition) is 3. The third kappa shape index (κ3) is 2.76. The van der Waals surface area contributed by atoms with Crippen LogP contribution in [0.1, 0.15) is 19.8 Å². The van der Waals surface area contributed by atoms with Gasteiger partial charge in [-0.3, -0.25) is 4.79 Å². The molecule has 14 heavy (non-hydrogen) atoms. The van der Waals surface area contributed by atoms with Gasteiger partial charge in [0.25, 0.3) is 0 Å². The van der Waals surface area contributed by atoms with Gasteiger partial charge in [-0.1, -0.05) is 5.92 Å². The number of carbonyl (C=O) groups excluding carboxylic acids is 1. The maximum atomic E-state index is 11.2. The van der Waals surface area contributed by atoms with E-state index in [-0.39, 0.29) is 16.8 Å². The Morgan fingerprint density at radius 2 is 2.43 bits per heavy atom. The van der Waals surface area contributed by atoms with Crippen LogP contribution in [0.2, 0.25) is 0 Å². The summed E-state index contributed by atoms with van der Waals surface area (Å²) in [6.45, 7) is 1.96. The van der Waals surface area contributed by atoms with E-state index >= 15 is 0 Å². The van der Waals surface area contributed by atoms with Crippen molar-refractivity contribution in [2.24, 2.45) is 5.41 Å². The smallest absolute Gasteiger partial charge is 0.173 e. The number of ketones is 1. The van der Waals surface area contributed by atoms with Gasteiger partial charge in [0.15, 0.2) is 5.78 Å². The van der Waals surface area contributed by atoms with Crippen molar-refractivity contribution in [3.8, 4) is 17.2 Å². The average Bonchev–Trinajstić information content (AvgIpc) is 2.19. The molecule has 0 spiro atoms. The second kappa shape index (κ2) is 4.86. The summed E-state index contributed by atoms with van der Waals surface area (Å²) >= 11 is 2.10. The fourth-order valence-corrected chi connectivity index (χ4v) is 1.91. The minimum atomic E-state index is -0.308. The first-order valence-corrected chi connectivity index (χ1v) is 7.43. The monoisotopic (exact) mass is 317 g/mol. The normalized spacial score (nSPS) is 25.8. The minimum absolute atomic E-state index is 0.0612. The van der Waals surface area contributed by atoms with Crippen LogP contribution in [0, 0.1) is 27.9 Å². The maximum absolute atomic E-state index is 11.2. The first-order chi connectivity index (χ1) is 6.61. The summed E-state index contributed by atoms with van der Waals surface area (Å²) in [7, 11) is 1.42. The number of halogens is 1. The van der Waals surface area contributed by atoms with Crippen molar-refractivity contribution in [3.05, 3.63) is 11.6 Å². The van der Waals surface area contributed by atoms with E-state index in [2.05, 4.69) is 32.4 Å². The average molecular weight is 317 g/mol. The lowest BCUT2D eigenvalue weighted by atomic mass is 9.78. The fraction of sp³-hybridized carbons (Fsp3) is 0.400. The molecule has 0 bridgehead atoms. The molecule has 0 amide bonds. The molecule has 1 unspecified atom stereocenters. The van der Waals surface area contributed by atoms with E-state index in [0.29, 0.717) is 12.8 Å². The van der Waals surface area contributed by atoms with Gasteiger partial charge in [-0.05, 0) is 33.6 Å². The minimum Gasteiger partial charge on any atom is -0.293 e. The highest BCUT2D eigenvalue weighted by atomic mass is 127. The van der Waals surface area contributed by atoms with Gasteiger partial charge in [-0.2, -0.15) is 5.26 Å². The molecule has 0 aliphatic heterocycles. The standard InChI is InChI=1S/C10H8INOS/c1-10(4-5-14-11)3-2-9(13)8(6-10)7-12/h6H,2-3H2,1H3. The van der Waals surface area contributed by atoms with Crippen molar-refractivity contribution in [3.63, 3.8) is 0 Å². The first-order valence-electron chi connectivity index (χ1n) is 4.07. The van der Waals surface area contributed by atoms with Gasteiger partial charge in [0.1, 0.15) is 6.07 Å². The Kier molecular flexibility index (Phi) is 4.03. The van der Waals surface area contributed by atoms with Crippen LogP contribution in [0.4, 0.5) is 0 Å². The summed E-state index contributed by atoms with van der Waals surface area (Å²) in [5.41, 5.74) is -0.0524. The highest BCUT2D eigenvalue weighted by molar-refractivity contribution is 14.2. The van der Waals surface area contributed by atoms with Gasteiger partial charge in [-0.15, -0.1) is 0 Å². The van der Waals surface area contributed by atoms with Crippen molar-refractivity contribution in [1.82, 2.24) is 0 Å². The highest BCUT2D eigenvalue weighted by Crippen LogP contribution is 2.31. The Bertz CT molecular complexity index is 385. The van der Waals surface area contributed by atoms with E-state index < -0.39 is 0 Å². The molecule has 1 atom stereocenters. The Balaban J connectivity index is 3.00. The van der Waals surface area contributed by atoms with Crippen LogP contribution in [-0.2, 0) is 4.79 Å². The van der Waals surface area contributed by atoms with Crippen molar-refractivity contribution in [1.29, 1.82) is 5.26 Å². The molecule has 0 N–H and O–H groups in total. The third-order valence-corrected chi connectivity index (χ3v) is 2.97. The van der Waals surface area contributed by atoms with E-state index in [9.17, 15) is 4.79 Å². The number of Topliss-reactive ketones (excluding diaryl/α,β-unsaturated/α-hetero) is 1. The zero-order valence-electron chi connectivity index (χ0n) is 7.63. The molecule has 72 valence electrons. The third-order valence-electron chi connectivity index (χ3n) is 2.13. The molecule has 0 fully saturated rings. The van der Waals surface area contributed by atoms with Gasteiger partial charge < -0.3 is 0 Å². The topological polar surface area (TPSA) is 40.9 Å². The molecule has 0 aromatic rings. The molecule has 2 nitrogen and oxygen atoms in total. The van der Waals surface area contributed by atoms with E-state index in [0.717, 1.165) is 0 Å². The highest BCUT2D eigenvalue weighted by Gasteiger charge is 2.28. The van der Waals surface area contributed by atoms with Crippen molar-refractivity contribution in [2.45, 2.75) is 19.8 Å². The van der Waals surface area contributed by atoms with Crippen LogP contribution in [0.25, 0.3) is 0 Å². The Hall–Kier alpha value is -0.460. The largest absolute Gasteiger partial charge is 0.293 e. The lowest BCUT2D eigenvalue weighted by Crippen LogP contribution is -2.20. The molecule has 0 radical (unpaired) electrons. The Morgan fingerprint density at radius 3 is 3.00 bits per heavy atom. The predicted octanol–water partition coefficient (Wildman–Crippen LogP) is 2.85. The molecule has 4 heteroatoms. The van der Waals surface area contributed by atoms with Crippen LogP contribution < -0.4 is 0 Å². The van der Waals surface area contributed by atoms with E-state index in [1.54, 1.807) is 6.08 Å². The number of carbonyl (C=O) groups is 1. The summed E-state index contributed by atoms with van der Waals surface area (Å²) in [5, 5.41) is 11.6. The summed E-state index contributed by atoms with van der Waals surface area (Å²) in [6, 6.07) is 1.92. The van der Waals surface area contributed by atoms with E-state index in [4.69, 9.17) is 5.26 Å². The predicted molar refractivity (Wildman–Crippen MR) is 65.4 cm³/mol. The number of nitriles is 1. The summed E-state index contributed by atoms with van der Waals surface area (Å²) < 4.78 is 0. The number of rotatable bonds is 0. The summed E-state index contributed by atoms with van der Waals surface area (Å²) in [5.74, 6) is 3.00. The number of hydrogen-bond donors (Lipinski definition) is 0. The number of allylic oxidation sites excluding steroid dienone is 2. The van der Waals surface area contributed by atoms with Gasteiger partial charge in [0.2, 0.25) is 0 Å². The lowest BCUT2D eigenvalue weighted by Gasteiger charge is -2.23. The molecule has 0 heterocycles. The van der Waals surface area contributed by atoms with Crippen LogP contribution in [-0.4, -0.2) is 5.78 Å². The molecule has 0 aromatic carbocycles. The van der Waals surface area contributed by atoms with Crippen molar-refractivity contribution < 1.29 is 4.79 Å². The molecular formula is C10H8INOS. The quantitative estimate of drug-likeness (QED) is 0.509.